The predicted molar refractivity (Wildman–Crippen MR) is 82.7 cm³/mol. The third-order valence-corrected chi connectivity index (χ3v) is 3.43. The molecule has 112 valence electrons. The summed E-state index contributed by atoms with van der Waals surface area (Å²) in [6.07, 6.45) is 0.924. The summed E-state index contributed by atoms with van der Waals surface area (Å²) in [6, 6.07) is 8.96. The van der Waals surface area contributed by atoms with E-state index in [1.807, 2.05) is 32.0 Å². The molecule has 0 amide bonds. The summed E-state index contributed by atoms with van der Waals surface area (Å²) in [5, 5.41) is 3.93. The Hall–Kier alpha value is -1.45. The van der Waals surface area contributed by atoms with Crippen LogP contribution in [0.25, 0.3) is 0 Å². The van der Waals surface area contributed by atoms with Crippen LogP contribution >= 0.6 is 11.6 Å². The van der Waals surface area contributed by atoms with E-state index in [4.69, 9.17) is 11.6 Å². The number of aryl methyl sites for hydroxylation is 1. The number of benzene rings is 2. The Labute approximate surface area is 128 Å². The quantitative estimate of drug-likeness (QED) is 0.818. The van der Waals surface area contributed by atoms with Gasteiger partial charge in [0.05, 0.1) is 6.04 Å². The first kappa shape index (κ1) is 15.9. The van der Waals surface area contributed by atoms with E-state index in [-0.39, 0.29) is 6.04 Å². The zero-order valence-corrected chi connectivity index (χ0v) is 12.8. The van der Waals surface area contributed by atoms with E-state index in [9.17, 15) is 8.78 Å². The van der Waals surface area contributed by atoms with E-state index >= 15 is 0 Å². The summed E-state index contributed by atoms with van der Waals surface area (Å²) >= 11 is 6.10. The van der Waals surface area contributed by atoms with Crippen LogP contribution < -0.4 is 5.32 Å². The van der Waals surface area contributed by atoms with Gasteiger partial charge in [0.1, 0.15) is 11.6 Å². The van der Waals surface area contributed by atoms with Crippen molar-refractivity contribution in [1.29, 1.82) is 0 Å². The maximum Gasteiger partial charge on any atom is 0.126 e. The van der Waals surface area contributed by atoms with Crippen LogP contribution in [0.5, 0.6) is 0 Å². The molecule has 0 saturated carbocycles. The van der Waals surface area contributed by atoms with Gasteiger partial charge in [0, 0.05) is 11.1 Å². The molecule has 1 unspecified atom stereocenters. The summed E-state index contributed by atoms with van der Waals surface area (Å²) in [7, 11) is 0. The largest absolute Gasteiger partial charge is 0.306 e. The van der Waals surface area contributed by atoms with Gasteiger partial charge in [0.15, 0.2) is 0 Å². The van der Waals surface area contributed by atoms with Gasteiger partial charge in [-0.25, -0.2) is 8.78 Å². The number of rotatable bonds is 5. The van der Waals surface area contributed by atoms with Gasteiger partial charge < -0.3 is 5.32 Å². The van der Waals surface area contributed by atoms with Crippen LogP contribution in [0.15, 0.2) is 36.4 Å². The fourth-order valence-corrected chi connectivity index (χ4v) is 2.69. The van der Waals surface area contributed by atoms with Gasteiger partial charge >= 0.3 is 0 Å². The van der Waals surface area contributed by atoms with Crippen molar-refractivity contribution in [2.24, 2.45) is 0 Å². The topological polar surface area (TPSA) is 12.0 Å². The molecular formula is C17H18ClF2N. The maximum atomic E-state index is 13.5. The SMILES string of the molecule is CCCNC(c1cc(F)cc(F)c1)c1cc(C)cc(Cl)c1. The van der Waals surface area contributed by atoms with Crippen molar-refractivity contribution in [1.82, 2.24) is 5.32 Å². The Balaban J connectivity index is 2.46. The standard InChI is InChI=1S/C17H18ClF2N/c1-3-4-21-17(12-5-11(2)6-14(18)7-12)13-8-15(19)10-16(20)9-13/h5-10,17,21H,3-4H2,1-2H3. The smallest absolute Gasteiger partial charge is 0.126 e. The van der Waals surface area contributed by atoms with Gasteiger partial charge in [-0.05, 0) is 60.8 Å². The highest BCUT2D eigenvalue weighted by Gasteiger charge is 2.16. The second kappa shape index (κ2) is 7.01. The Morgan fingerprint density at radius 2 is 1.62 bits per heavy atom. The predicted octanol–water partition coefficient (Wildman–Crippen LogP) is 5.02. The van der Waals surface area contributed by atoms with Gasteiger partial charge in [-0.3, -0.25) is 0 Å². The number of halogens is 3. The average molecular weight is 310 g/mol. The highest BCUT2D eigenvalue weighted by atomic mass is 35.5. The fraction of sp³-hybridized carbons (Fsp3) is 0.294. The van der Waals surface area contributed by atoms with Gasteiger partial charge in [0.25, 0.3) is 0 Å². The molecule has 1 atom stereocenters. The minimum absolute atomic E-state index is 0.285. The molecule has 2 rings (SSSR count). The first-order valence-electron chi connectivity index (χ1n) is 6.96. The molecule has 0 aromatic heterocycles. The average Bonchev–Trinajstić information content (AvgIpc) is 2.37. The van der Waals surface area contributed by atoms with Crippen LogP contribution in [0.4, 0.5) is 8.78 Å². The number of hydrogen-bond acceptors (Lipinski definition) is 1. The van der Waals surface area contributed by atoms with Crippen molar-refractivity contribution in [2.45, 2.75) is 26.3 Å². The van der Waals surface area contributed by atoms with E-state index in [0.717, 1.165) is 30.2 Å². The first-order chi connectivity index (χ1) is 9.99. The molecule has 0 fully saturated rings. The van der Waals surface area contributed by atoms with Crippen molar-refractivity contribution in [2.75, 3.05) is 6.54 Å². The molecule has 21 heavy (non-hydrogen) atoms. The second-order valence-electron chi connectivity index (χ2n) is 5.15. The molecule has 0 aliphatic carbocycles. The van der Waals surface area contributed by atoms with Gasteiger partial charge in [-0.1, -0.05) is 24.6 Å². The van der Waals surface area contributed by atoms with Crippen LogP contribution in [0.1, 0.15) is 36.1 Å². The zero-order valence-electron chi connectivity index (χ0n) is 12.1. The van der Waals surface area contributed by atoms with Crippen LogP contribution in [0.2, 0.25) is 5.02 Å². The molecule has 2 aromatic carbocycles. The Kier molecular flexibility index (Phi) is 5.32. The Bertz CT molecular complexity index is 536. The molecule has 0 radical (unpaired) electrons. The van der Waals surface area contributed by atoms with E-state index in [2.05, 4.69) is 5.32 Å². The van der Waals surface area contributed by atoms with E-state index in [0.29, 0.717) is 10.6 Å². The minimum Gasteiger partial charge on any atom is -0.306 e. The molecule has 0 spiro atoms. The monoisotopic (exact) mass is 309 g/mol. The maximum absolute atomic E-state index is 13.5. The van der Waals surface area contributed by atoms with E-state index in [1.165, 1.54) is 12.1 Å². The lowest BCUT2D eigenvalue weighted by molar-refractivity contribution is 0.558. The van der Waals surface area contributed by atoms with Crippen molar-refractivity contribution in [3.63, 3.8) is 0 Å². The molecule has 0 heterocycles. The molecule has 1 N–H and O–H groups in total. The van der Waals surface area contributed by atoms with Crippen LogP contribution in [0.3, 0.4) is 0 Å². The molecular weight excluding hydrogens is 292 g/mol. The highest BCUT2D eigenvalue weighted by Crippen LogP contribution is 2.27. The summed E-state index contributed by atoms with van der Waals surface area (Å²) in [4.78, 5) is 0. The Morgan fingerprint density at radius 3 is 2.19 bits per heavy atom. The summed E-state index contributed by atoms with van der Waals surface area (Å²) in [5.74, 6) is -1.15. The number of hydrogen-bond donors (Lipinski definition) is 1. The molecule has 0 aliphatic heterocycles. The summed E-state index contributed by atoms with van der Waals surface area (Å²) < 4.78 is 27.0. The molecule has 0 bridgehead atoms. The molecule has 4 heteroatoms. The van der Waals surface area contributed by atoms with Crippen LogP contribution in [0, 0.1) is 18.6 Å². The summed E-state index contributed by atoms with van der Waals surface area (Å²) in [5.41, 5.74) is 2.47. The third-order valence-electron chi connectivity index (χ3n) is 3.21. The van der Waals surface area contributed by atoms with Gasteiger partial charge in [-0.2, -0.15) is 0 Å². The van der Waals surface area contributed by atoms with E-state index < -0.39 is 11.6 Å². The lowest BCUT2D eigenvalue weighted by Gasteiger charge is -2.20. The van der Waals surface area contributed by atoms with Crippen LogP contribution in [-0.2, 0) is 0 Å². The second-order valence-corrected chi connectivity index (χ2v) is 5.59. The summed E-state index contributed by atoms with van der Waals surface area (Å²) in [6.45, 7) is 4.73. The van der Waals surface area contributed by atoms with Crippen molar-refractivity contribution in [3.05, 3.63) is 69.7 Å². The van der Waals surface area contributed by atoms with Crippen LogP contribution in [-0.4, -0.2) is 6.54 Å². The molecule has 1 nitrogen and oxygen atoms in total. The first-order valence-corrected chi connectivity index (χ1v) is 7.34. The Morgan fingerprint density at radius 1 is 1.00 bits per heavy atom. The van der Waals surface area contributed by atoms with Crippen molar-refractivity contribution in [3.8, 4) is 0 Å². The molecule has 2 aromatic rings. The third kappa shape index (κ3) is 4.26. The van der Waals surface area contributed by atoms with Crippen molar-refractivity contribution < 1.29 is 8.78 Å². The van der Waals surface area contributed by atoms with Gasteiger partial charge in [0.2, 0.25) is 0 Å². The molecule has 0 saturated heterocycles. The lowest BCUT2D eigenvalue weighted by atomic mass is 9.97. The molecule has 0 aliphatic rings. The highest BCUT2D eigenvalue weighted by molar-refractivity contribution is 6.30. The van der Waals surface area contributed by atoms with E-state index in [1.54, 1.807) is 0 Å². The zero-order chi connectivity index (χ0) is 15.4. The lowest BCUT2D eigenvalue weighted by Crippen LogP contribution is -2.23. The van der Waals surface area contributed by atoms with Crippen molar-refractivity contribution >= 4 is 11.6 Å². The minimum atomic E-state index is -0.577. The number of nitrogens with one attached hydrogen (secondary N) is 1. The normalized spacial score (nSPS) is 12.4. The van der Waals surface area contributed by atoms with Gasteiger partial charge in [-0.15, -0.1) is 0 Å². The fourth-order valence-electron chi connectivity index (χ4n) is 2.39.